The Bertz CT molecular complexity index is 3120. The molecule has 4 heteroatoms. The molecule has 0 amide bonds. The molecule has 1 aliphatic rings. The third-order valence-corrected chi connectivity index (χ3v) is 11.3. The second-order valence-electron chi connectivity index (χ2n) is 14.8. The average molecular weight is 692 g/mol. The Labute approximate surface area is 312 Å². The summed E-state index contributed by atoms with van der Waals surface area (Å²) in [6.07, 6.45) is 0. The summed E-state index contributed by atoms with van der Waals surface area (Å²) >= 11 is 0. The fraction of sp³-hybridized carbons (Fsp3) is 0.0600. The monoisotopic (exact) mass is 691 g/mol. The van der Waals surface area contributed by atoms with Crippen molar-refractivity contribution in [3.8, 4) is 56.3 Å². The first-order valence-corrected chi connectivity index (χ1v) is 18.4. The number of benzene rings is 7. The number of hydrogen-bond acceptors (Lipinski definition) is 4. The van der Waals surface area contributed by atoms with Gasteiger partial charge in [-0.3, -0.25) is 0 Å². The van der Waals surface area contributed by atoms with Gasteiger partial charge in [0.15, 0.2) is 5.82 Å². The third kappa shape index (κ3) is 4.60. The van der Waals surface area contributed by atoms with Gasteiger partial charge in [0.1, 0.15) is 11.2 Å². The molecule has 3 aromatic heterocycles. The maximum absolute atomic E-state index is 6.38. The molecular weight excluding hydrogens is 659 g/mol. The zero-order valence-corrected chi connectivity index (χ0v) is 29.8. The molecule has 0 saturated heterocycles. The summed E-state index contributed by atoms with van der Waals surface area (Å²) in [7, 11) is 0. The summed E-state index contributed by atoms with van der Waals surface area (Å²) in [6, 6.07) is 57.5. The number of aromatic nitrogens is 3. The van der Waals surface area contributed by atoms with Crippen LogP contribution in [0.5, 0.6) is 0 Å². The van der Waals surface area contributed by atoms with E-state index in [1.54, 1.807) is 0 Å². The van der Waals surface area contributed by atoms with Crippen LogP contribution in [-0.2, 0) is 5.41 Å². The summed E-state index contributed by atoms with van der Waals surface area (Å²) in [6.45, 7) is 4.63. The molecule has 10 aromatic rings. The number of furan rings is 1. The van der Waals surface area contributed by atoms with Crippen molar-refractivity contribution < 1.29 is 4.42 Å². The Morgan fingerprint density at radius 3 is 1.93 bits per heavy atom. The zero-order chi connectivity index (χ0) is 36.0. The second-order valence-corrected chi connectivity index (χ2v) is 14.8. The second kappa shape index (κ2) is 11.5. The van der Waals surface area contributed by atoms with E-state index in [-0.39, 0.29) is 5.41 Å². The predicted molar refractivity (Wildman–Crippen MR) is 221 cm³/mol. The predicted octanol–water partition coefficient (Wildman–Crippen LogP) is 13.1. The number of nitrogens with zero attached hydrogens (tertiary/aromatic N) is 3. The maximum atomic E-state index is 6.38. The topological polar surface area (TPSA) is 51.8 Å². The minimum Gasteiger partial charge on any atom is -0.456 e. The van der Waals surface area contributed by atoms with Crippen molar-refractivity contribution >= 4 is 43.6 Å². The first kappa shape index (κ1) is 30.7. The van der Waals surface area contributed by atoms with Crippen molar-refractivity contribution in [1.82, 2.24) is 15.0 Å². The molecule has 254 valence electrons. The number of fused-ring (bicyclic) bond motifs is 10. The average Bonchev–Trinajstić information content (AvgIpc) is 3.72. The number of pyridine rings is 1. The molecule has 0 bridgehead atoms. The van der Waals surface area contributed by atoms with Crippen LogP contribution in [0.3, 0.4) is 0 Å². The summed E-state index contributed by atoms with van der Waals surface area (Å²) in [4.78, 5) is 15.9. The van der Waals surface area contributed by atoms with Crippen LogP contribution in [0.4, 0.5) is 0 Å². The van der Waals surface area contributed by atoms with E-state index in [1.165, 1.54) is 22.3 Å². The van der Waals surface area contributed by atoms with Gasteiger partial charge in [0.25, 0.3) is 0 Å². The summed E-state index contributed by atoms with van der Waals surface area (Å²) < 4.78 is 6.38. The molecule has 54 heavy (non-hydrogen) atoms. The van der Waals surface area contributed by atoms with Gasteiger partial charge in [-0.15, -0.1) is 0 Å². The highest BCUT2D eigenvalue weighted by molar-refractivity contribution is 6.28. The SMILES string of the molecule is CC1(C)c2ccccc2-c2cc(-c3cc(-c4ccccc4)nc(-c4ccc5c(c4)nc(-c4ccccc4)c4ccc6oc7ccccc7c6c45)n3)ccc21. The Kier molecular flexibility index (Phi) is 6.56. The van der Waals surface area contributed by atoms with Crippen LogP contribution >= 0.6 is 0 Å². The molecule has 0 N–H and O–H groups in total. The lowest BCUT2D eigenvalue weighted by Crippen LogP contribution is -2.14. The first-order valence-electron chi connectivity index (χ1n) is 18.4. The summed E-state index contributed by atoms with van der Waals surface area (Å²) in [5.41, 5.74) is 14.6. The molecule has 0 spiro atoms. The van der Waals surface area contributed by atoms with Gasteiger partial charge in [-0.25, -0.2) is 15.0 Å². The van der Waals surface area contributed by atoms with Crippen LogP contribution in [0, 0.1) is 0 Å². The first-order chi connectivity index (χ1) is 26.5. The Balaban J connectivity index is 1.15. The van der Waals surface area contributed by atoms with Crippen LogP contribution in [-0.4, -0.2) is 15.0 Å². The lowest BCUT2D eigenvalue weighted by molar-refractivity contribution is 0.660. The quantitative estimate of drug-likeness (QED) is 0.172. The molecule has 0 radical (unpaired) electrons. The van der Waals surface area contributed by atoms with Gasteiger partial charge in [0, 0.05) is 54.6 Å². The Morgan fingerprint density at radius 2 is 1.09 bits per heavy atom. The van der Waals surface area contributed by atoms with E-state index < -0.39 is 0 Å². The van der Waals surface area contributed by atoms with Gasteiger partial charge in [-0.1, -0.05) is 141 Å². The molecule has 11 rings (SSSR count). The van der Waals surface area contributed by atoms with E-state index in [4.69, 9.17) is 19.4 Å². The molecule has 3 heterocycles. The number of rotatable bonds is 4. The molecule has 7 aromatic carbocycles. The fourth-order valence-corrected chi connectivity index (χ4v) is 8.63. The van der Waals surface area contributed by atoms with Crippen LogP contribution in [0.25, 0.3) is 99.9 Å². The summed E-state index contributed by atoms with van der Waals surface area (Å²) in [5, 5.41) is 5.48. The van der Waals surface area contributed by atoms with Crippen LogP contribution in [0.15, 0.2) is 168 Å². The lowest BCUT2D eigenvalue weighted by Gasteiger charge is -2.21. The van der Waals surface area contributed by atoms with Crippen molar-refractivity contribution in [2.45, 2.75) is 19.3 Å². The molecular formula is C50H33N3O. The fourth-order valence-electron chi connectivity index (χ4n) is 8.63. The van der Waals surface area contributed by atoms with E-state index in [0.29, 0.717) is 5.82 Å². The van der Waals surface area contributed by atoms with Crippen LogP contribution in [0.1, 0.15) is 25.0 Å². The van der Waals surface area contributed by atoms with Gasteiger partial charge in [-0.05, 0) is 58.7 Å². The van der Waals surface area contributed by atoms with Gasteiger partial charge >= 0.3 is 0 Å². The van der Waals surface area contributed by atoms with Crippen LogP contribution in [0.2, 0.25) is 0 Å². The van der Waals surface area contributed by atoms with E-state index in [9.17, 15) is 0 Å². The minimum absolute atomic E-state index is 0.0638. The van der Waals surface area contributed by atoms with Gasteiger partial charge in [0.2, 0.25) is 0 Å². The number of hydrogen-bond donors (Lipinski definition) is 0. The van der Waals surface area contributed by atoms with Crippen molar-refractivity contribution in [2.24, 2.45) is 0 Å². The van der Waals surface area contributed by atoms with Crippen molar-refractivity contribution in [2.75, 3.05) is 0 Å². The van der Waals surface area contributed by atoms with E-state index >= 15 is 0 Å². The molecule has 1 aliphatic carbocycles. The smallest absolute Gasteiger partial charge is 0.160 e. The molecule has 0 atom stereocenters. The van der Waals surface area contributed by atoms with E-state index in [1.807, 2.05) is 24.3 Å². The third-order valence-electron chi connectivity index (χ3n) is 11.3. The van der Waals surface area contributed by atoms with Gasteiger partial charge < -0.3 is 4.42 Å². The zero-order valence-electron chi connectivity index (χ0n) is 29.8. The van der Waals surface area contributed by atoms with Crippen molar-refractivity contribution in [1.29, 1.82) is 0 Å². The van der Waals surface area contributed by atoms with Gasteiger partial charge in [0.05, 0.1) is 22.6 Å². The van der Waals surface area contributed by atoms with Gasteiger partial charge in [-0.2, -0.15) is 0 Å². The molecule has 0 unspecified atom stereocenters. The number of para-hydroxylation sites is 1. The molecule has 4 nitrogen and oxygen atoms in total. The highest BCUT2D eigenvalue weighted by Crippen LogP contribution is 2.49. The van der Waals surface area contributed by atoms with Crippen molar-refractivity contribution in [3.63, 3.8) is 0 Å². The van der Waals surface area contributed by atoms with Crippen LogP contribution < -0.4 is 0 Å². The molecule has 0 aliphatic heterocycles. The van der Waals surface area contributed by atoms with E-state index in [2.05, 4.69) is 153 Å². The normalized spacial score (nSPS) is 13.1. The highest BCUT2D eigenvalue weighted by Gasteiger charge is 2.35. The summed E-state index contributed by atoms with van der Waals surface area (Å²) in [5.74, 6) is 0.657. The molecule has 0 fully saturated rings. The Hall–Kier alpha value is -6.91. The molecule has 0 saturated carbocycles. The van der Waals surface area contributed by atoms with Crippen molar-refractivity contribution in [3.05, 3.63) is 175 Å². The minimum atomic E-state index is -0.0638. The highest BCUT2D eigenvalue weighted by atomic mass is 16.3. The maximum Gasteiger partial charge on any atom is 0.160 e. The van der Waals surface area contributed by atoms with E-state index in [0.717, 1.165) is 82.9 Å². The Morgan fingerprint density at radius 1 is 0.426 bits per heavy atom. The lowest BCUT2D eigenvalue weighted by atomic mass is 9.82. The largest absolute Gasteiger partial charge is 0.456 e. The standard InChI is InChI=1S/C50H33N3O/c1-50(2)39-19-11-9-17-34(39)38-27-32(22-25-40(38)50)42-29-41(30-13-5-3-6-14-30)52-49(53-42)33-21-23-35-43(28-33)51-48(31-15-7-4-8-16-31)37-24-26-45-47(46(35)37)36-18-10-12-20-44(36)54-45/h3-29H,1-2H3.